The Bertz CT molecular complexity index is 519. The van der Waals surface area contributed by atoms with E-state index in [4.69, 9.17) is 0 Å². The van der Waals surface area contributed by atoms with Crippen LogP contribution in [0.3, 0.4) is 0 Å². The molecule has 0 radical (unpaired) electrons. The van der Waals surface area contributed by atoms with Gasteiger partial charge in [0.2, 0.25) is 11.8 Å². The Morgan fingerprint density at radius 1 is 0.800 bits per heavy atom. The highest BCUT2D eigenvalue weighted by molar-refractivity contribution is 5.95. The number of nitrogens with one attached hydrogen (secondary N) is 2. The Morgan fingerprint density at radius 2 is 1.25 bits per heavy atom. The zero-order chi connectivity index (χ0) is 14.2. The molecule has 2 rings (SSSR count). The second-order valence-electron chi connectivity index (χ2n) is 4.03. The summed E-state index contributed by atoms with van der Waals surface area (Å²) < 4.78 is 0. The van der Waals surface area contributed by atoms with Crippen LogP contribution in [0.4, 0.5) is 11.6 Å². The predicted octanol–water partition coefficient (Wildman–Crippen LogP) is 1.83. The van der Waals surface area contributed by atoms with Gasteiger partial charge in [-0.2, -0.15) is 0 Å². The van der Waals surface area contributed by atoms with Crippen molar-refractivity contribution in [1.82, 2.24) is 9.97 Å². The lowest BCUT2D eigenvalue weighted by Gasteiger charge is -2.05. The molecule has 2 aromatic heterocycles. The highest BCUT2D eigenvalue weighted by Gasteiger charge is 2.08. The lowest BCUT2D eigenvalue weighted by molar-refractivity contribution is -0.121. The van der Waals surface area contributed by atoms with Gasteiger partial charge in [0.1, 0.15) is 11.6 Å². The summed E-state index contributed by atoms with van der Waals surface area (Å²) in [7, 11) is 0. The van der Waals surface area contributed by atoms with Crippen molar-refractivity contribution < 1.29 is 9.59 Å². The minimum absolute atomic E-state index is 0.0925. The van der Waals surface area contributed by atoms with Crippen molar-refractivity contribution in [3.05, 3.63) is 48.8 Å². The molecule has 0 aliphatic rings. The zero-order valence-electron chi connectivity index (χ0n) is 10.7. The highest BCUT2D eigenvalue weighted by Crippen LogP contribution is 2.04. The number of hydrogen-bond donors (Lipinski definition) is 2. The largest absolute Gasteiger partial charge is 0.311 e. The molecule has 20 heavy (non-hydrogen) atoms. The molecule has 0 aliphatic carbocycles. The molecule has 0 bridgehead atoms. The number of pyridine rings is 2. The molecule has 2 aromatic rings. The van der Waals surface area contributed by atoms with Crippen molar-refractivity contribution in [3.63, 3.8) is 0 Å². The summed E-state index contributed by atoms with van der Waals surface area (Å²) in [4.78, 5) is 31.2. The molecule has 2 N–H and O–H groups in total. The number of carbonyl (C=O) groups is 2. The molecule has 6 heteroatoms. The first-order valence-electron chi connectivity index (χ1n) is 6.16. The molecular formula is C14H14N4O2. The summed E-state index contributed by atoms with van der Waals surface area (Å²) in [5, 5.41) is 5.23. The zero-order valence-corrected chi connectivity index (χ0v) is 10.7. The van der Waals surface area contributed by atoms with Crippen molar-refractivity contribution in [3.8, 4) is 0 Å². The van der Waals surface area contributed by atoms with Crippen LogP contribution < -0.4 is 10.6 Å². The first-order chi connectivity index (χ1) is 9.74. The lowest BCUT2D eigenvalue weighted by Crippen LogP contribution is -2.18. The van der Waals surface area contributed by atoms with Crippen LogP contribution in [0.1, 0.15) is 12.8 Å². The van der Waals surface area contributed by atoms with Crippen LogP contribution in [0, 0.1) is 0 Å². The second kappa shape index (κ2) is 6.98. The lowest BCUT2D eigenvalue weighted by atomic mass is 10.2. The summed E-state index contributed by atoms with van der Waals surface area (Å²) in [6.07, 6.45) is 3.36. The van der Waals surface area contributed by atoms with Crippen LogP contribution in [0.5, 0.6) is 0 Å². The molecule has 102 valence electrons. The van der Waals surface area contributed by atoms with Gasteiger partial charge in [0, 0.05) is 25.2 Å². The van der Waals surface area contributed by atoms with Crippen LogP contribution in [-0.2, 0) is 9.59 Å². The quantitative estimate of drug-likeness (QED) is 0.868. The molecule has 0 spiro atoms. The highest BCUT2D eigenvalue weighted by atomic mass is 16.2. The van der Waals surface area contributed by atoms with Gasteiger partial charge in [-0.15, -0.1) is 0 Å². The van der Waals surface area contributed by atoms with Crippen LogP contribution in [0.25, 0.3) is 0 Å². The van der Waals surface area contributed by atoms with Crippen molar-refractivity contribution in [1.29, 1.82) is 0 Å². The molecule has 0 aromatic carbocycles. The average molecular weight is 270 g/mol. The van der Waals surface area contributed by atoms with Crippen molar-refractivity contribution in [2.24, 2.45) is 0 Å². The van der Waals surface area contributed by atoms with E-state index in [1.165, 1.54) is 0 Å². The summed E-state index contributed by atoms with van der Waals surface area (Å²) >= 11 is 0. The van der Waals surface area contributed by atoms with Gasteiger partial charge in [-0.3, -0.25) is 9.59 Å². The molecule has 0 fully saturated rings. The predicted molar refractivity (Wildman–Crippen MR) is 75.0 cm³/mol. The monoisotopic (exact) mass is 270 g/mol. The van der Waals surface area contributed by atoms with Gasteiger partial charge in [0.05, 0.1) is 0 Å². The first kappa shape index (κ1) is 13.7. The molecule has 6 nitrogen and oxygen atoms in total. The standard InChI is InChI=1S/C14H14N4O2/c19-13(17-11-5-1-3-9-15-11)7-8-14(20)18-12-6-2-4-10-16-12/h1-6,9-10H,7-8H2,(H,15,17,19)(H,16,18,20). The molecular weight excluding hydrogens is 256 g/mol. The maximum Gasteiger partial charge on any atom is 0.226 e. The van der Waals surface area contributed by atoms with E-state index < -0.39 is 0 Å². The van der Waals surface area contributed by atoms with Crippen LogP contribution in [0.15, 0.2) is 48.8 Å². The number of carbonyl (C=O) groups excluding carboxylic acids is 2. The van der Waals surface area contributed by atoms with Gasteiger partial charge < -0.3 is 10.6 Å². The molecule has 0 aliphatic heterocycles. The van der Waals surface area contributed by atoms with Gasteiger partial charge in [-0.05, 0) is 24.3 Å². The maximum atomic E-state index is 11.6. The van der Waals surface area contributed by atoms with E-state index in [0.29, 0.717) is 11.6 Å². The summed E-state index contributed by atoms with van der Waals surface area (Å²) in [5.74, 6) is 0.449. The molecule has 0 unspecified atom stereocenters. The Morgan fingerprint density at radius 3 is 1.60 bits per heavy atom. The van der Waals surface area contributed by atoms with Gasteiger partial charge in [-0.25, -0.2) is 9.97 Å². The van der Waals surface area contributed by atoms with E-state index in [-0.39, 0.29) is 24.7 Å². The third-order valence-electron chi connectivity index (χ3n) is 2.44. The Balaban J connectivity index is 1.75. The molecule has 0 saturated carbocycles. The molecule has 2 heterocycles. The average Bonchev–Trinajstić information content (AvgIpc) is 2.47. The number of aromatic nitrogens is 2. The smallest absolute Gasteiger partial charge is 0.226 e. The fourth-order valence-corrected chi connectivity index (χ4v) is 1.51. The SMILES string of the molecule is O=C(CCC(=O)Nc1ccccn1)Nc1ccccn1. The summed E-state index contributed by atoms with van der Waals surface area (Å²) in [5.41, 5.74) is 0. The molecule has 0 atom stereocenters. The minimum atomic E-state index is -0.250. The Hall–Kier alpha value is -2.76. The van der Waals surface area contributed by atoms with Crippen molar-refractivity contribution in [2.45, 2.75) is 12.8 Å². The summed E-state index contributed by atoms with van der Waals surface area (Å²) in [6, 6.07) is 10.4. The number of rotatable bonds is 5. The fraction of sp³-hybridized carbons (Fsp3) is 0.143. The Kier molecular flexibility index (Phi) is 4.77. The summed E-state index contributed by atoms with van der Waals surface area (Å²) in [6.45, 7) is 0. The van der Waals surface area contributed by atoms with Gasteiger partial charge >= 0.3 is 0 Å². The number of anilines is 2. The van der Waals surface area contributed by atoms with Crippen molar-refractivity contribution in [2.75, 3.05) is 10.6 Å². The maximum absolute atomic E-state index is 11.6. The van der Waals surface area contributed by atoms with E-state index in [9.17, 15) is 9.59 Å². The van der Waals surface area contributed by atoms with Crippen molar-refractivity contribution >= 4 is 23.5 Å². The van der Waals surface area contributed by atoms with Gasteiger partial charge in [0.15, 0.2) is 0 Å². The second-order valence-corrected chi connectivity index (χ2v) is 4.03. The van der Waals surface area contributed by atoms with E-state index in [1.807, 2.05) is 0 Å². The van der Waals surface area contributed by atoms with E-state index in [1.54, 1.807) is 48.8 Å². The fourth-order valence-electron chi connectivity index (χ4n) is 1.51. The van der Waals surface area contributed by atoms with Gasteiger partial charge in [-0.1, -0.05) is 12.1 Å². The van der Waals surface area contributed by atoms with Crippen LogP contribution >= 0.6 is 0 Å². The van der Waals surface area contributed by atoms with E-state index in [0.717, 1.165) is 0 Å². The third-order valence-corrected chi connectivity index (χ3v) is 2.44. The third kappa shape index (κ3) is 4.49. The Labute approximate surface area is 116 Å². The molecule has 2 amide bonds. The van der Waals surface area contributed by atoms with Crippen LogP contribution in [0.2, 0.25) is 0 Å². The first-order valence-corrected chi connectivity index (χ1v) is 6.16. The topological polar surface area (TPSA) is 84.0 Å². The number of hydrogen-bond acceptors (Lipinski definition) is 4. The number of nitrogens with zero attached hydrogens (tertiary/aromatic N) is 2. The van der Waals surface area contributed by atoms with E-state index >= 15 is 0 Å². The van der Waals surface area contributed by atoms with Crippen LogP contribution in [-0.4, -0.2) is 21.8 Å². The normalized spacial score (nSPS) is 9.80. The molecule has 0 saturated heterocycles. The number of amides is 2. The van der Waals surface area contributed by atoms with E-state index in [2.05, 4.69) is 20.6 Å². The minimum Gasteiger partial charge on any atom is -0.311 e. The van der Waals surface area contributed by atoms with Gasteiger partial charge in [0.25, 0.3) is 0 Å².